The quantitative estimate of drug-likeness (QED) is 0.134. The van der Waals surface area contributed by atoms with Crippen molar-refractivity contribution in [2.75, 3.05) is 6.61 Å². The molecule has 0 N–H and O–H groups in total. The normalized spacial score (nSPS) is 20.6. The van der Waals surface area contributed by atoms with Crippen molar-refractivity contribution in [1.82, 2.24) is 0 Å². The van der Waals surface area contributed by atoms with Crippen LogP contribution in [0.15, 0.2) is 115 Å². The summed E-state index contributed by atoms with van der Waals surface area (Å²) < 4.78 is 30.3. The third-order valence-corrected chi connectivity index (χ3v) is 10.4. The number of esters is 4. The van der Waals surface area contributed by atoms with E-state index in [0.29, 0.717) is 0 Å². The fourth-order valence-corrected chi connectivity index (χ4v) is 7.91. The molecule has 0 bridgehead atoms. The van der Waals surface area contributed by atoms with E-state index in [-0.39, 0.29) is 23.3 Å². The van der Waals surface area contributed by atoms with Crippen LogP contribution in [0.2, 0.25) is 0 Å². The SMILES string of the molecule is CC(=O)OC[C@H]1O[C@@H]([Te]c2ccc(C)cc2)[C@H](OC(=O)c2ccccc2)[C@@H](OC(=O)c2ccccc2)[C@@H]1OC(=O)c1ccccc1. The molecule has 5 atom stereocenters. The van der Waals surface area contributed by atoms with Gasteiger partial charge >= 0.3 is 278 Å². The molecule has 5 rings (SSSR count). The minimum absolute atomic E-state index is 0.246. The zero-order valence-electron chi connectivity index (χ0n) is 25.1. The average molecular weight is 736 g/mol. The maximum atomic E-state index is 13.6. The number of carbonyl (C=O) groups is 4. The summed E-state index contributed by atoms with van der Waals surface area (Å²) in [5.74, 6) is -2.67. The molecule has 1 fully saturated rings. The topological polar surface area (TPSA) is 114 Å². The van der Waals surface area contributed by atoms with Gasteiger partial charge in [0.15, 0.2) is 0 Å². The molecule has 0 radical (unpaired) electrons. The Morgan fingerprint density at radius 1 is 0.609 bits per heavy atom. The molecule has 1 aliphatic heterocycles. The second kappa shape index (κ2) is 15.7. The van der Waals surface area contributed by atoms with Gasteiger partial charge in [0.1, 0.15) is 0 Å². The Hall–Kier alpha value is -4.49. The molecule has 1 aliphatic rings. The maximum absolute atomic E-state index is 13.6. The Labute approximate surface area is 276 Å². The third kappa shape index (κ3) is 8.61. The molecule has 46 heavy (non-hydrogen) atoms. The van der Waals surface area contributed by atoms with Crippen molar-refractivity contribution in [2.24, 2.45) is 0 Å². The van der Waals surface area contributed by atoms with Crippen LogP contribution < -0.4 is 3.61 Å². The van der Waals surface area contributed by atoms with Gasteiger partial charge in [-0.05, 0) is 0 Å². The number of carbonyl (C=O) groups excluding carboxylic acids is 4. The molecular formula is C36H32O9Te. The molecule has 0 saturated carbocycles. The van der Waals surface area contributed by atoms with Crippen LogP contribution in [0.5, 0.6) is 0 Å². The van der Waals surface area contributed by atoms with Gasteiger partial charge in [0.2, 0.25) is 0 Å². The first-order valence-electron chi connectivity index (χ1n) is 14.6. The number of hydrogen-bond acceptors (Lipinski definition) is 9. The van der Waals surface area contributed by atoms with Gasteiger partial charge in [-0.3, -0.25) is 0 Å². The Morgan fingerprint density at radius 2 is 1.04 bits per heavy atom. The van der Waals surface area contributed by atoms with Crippen LogP contribution in [0.1, 0.15) is 43.6 Å². The van der Waals surface area contributed by atoms with Crippen LogP contribution in [-0.2, 0) is 28.5 Å². The van der Waals surface area contributed by atoms with Crippen molar-refractivity contribution < 1.29 is 42.9 Å². The first kappa shape index (κ1) is 32.9. The number of benzene rings is 4. The van der Waals surface area contributed by atoms with Gasteiger partial charge in [0, 0.05) is 0 Å². The molecule has 0 amide bonds. The molecule has 0 spiro atoms. The summed E-state index contributed by atoms with van der Waals surface area (Å²) in [4.78, 5) is 52.4. The van der Waals surface area contributed by atoms with E-state index in [2.05, 4.69) is 0 Å². The molecule has 0 aromatic heterocycles. The van der Waals surface area contributed by atoms with E-state index in [1.165, 1.54) is 6.92 Å². The van der Waals surface area contributed by atoms with Crippen LogP contribution in [0, 0.1) is 6.92 Å². The van der Waals surface area contributed by atoms with E-state index in [0.717, 1.165) is 9.17 Å². The summed E-state index contributed by atoms with van der Waals surface area (Å²) in [6.07, 6.45) is -4.85. The molecule has 4 aromatic carbocycles. The summed E-state index contributed by atoms with van der Waals surface area (Å²) >= 11 is -1.31. The van der Waals surface area contributed by atoms with Crippen molar-refractivity contribution in [3.05, 3.63) is 138 Å². The van der Waals surface area contributed by atoms with E-state index < -0.39 is 73.4 Å². The van der Waals surface area contributed by atoms with Crippen molar-refractivity contribution in [3.63, 3.8) is 0 Å². The Morgan fingerprint density at radius 3 is 1.50 bits per heavy atom. The van der Waals surface area contributed by atoms with Gasteiger partial charge in [-0.15, -0.1) is 0 Å². The first-order valence-corrected chi connectivity index (χ1v) is 17.1. The predicted molar refractivity (Wildman–Crippen MR) is 169 cm³/mol. The van der Waals surface area contributed by atoms with Gasteiger partial charge in [-0.25, -0.2) is 0 Å². The standard InChI is InChI=1S/C36H32O9Te/c1-23-18-20-28(21-19-23)46-36-32(45-35(40)27-16-10-5-11-17-27)31(44-34(39)26-14-8-4-9-15-26)30(29(42-36)22-41-24(2)37)43-33(38)25-12-6-3-7-13-25/h3-21,29-32,36H,22H2,1-2H3/t29-,30-,31+,32-,36+/m1/s1. The summed E-state index contributed by atoms with van der Waals surface area (Å²) in [5.41, 5.74) is 1.85. The molecule has 10 heteroatoms. The van der Waals surface area contributed by atoms with Crippen LogP contribution in [-0.4, -0.2) is 80.0 Å². The van der Waals surface area contributed by atoms with E-state index in [4.69, 9.17) is 23.7 Å². The molecule has 0 unspecified atom stereocenters. The fraction of sp³-hybridized carbons (Fsp3) is 0.222. The molecule has 0 aliphatic carbocycles. The van der Waals surface area contributed by atoms with Crippen LogP contribution in [0.25, 0.3) is 0 Å². The minimum atomic E-state index is -1.32. The van der Waals surface area contributed by atoms with Crippen LogP contribution in [0.3, 0.4) is 0 Å². The van der Waals surface area contributed by atoms with E-state index in [1.807, 2.05) is 31.2 Å². The monoisotopic (exact) mass is 738 g/mol. The van der Waals surface area contributed by atoms with Gasteiger partial charge in [0.25, 0.3) is 0 Å². The van der Waals surface area contributed by atoms with E-state index >= 15 is 0 Å². The Balaban J connectivity index is 1.58. The third-order valence-electron chi connectivity index (χ3n) is 7.07. The van der Waals surface area contributed by atoms with Gasteiger partial charge < -0.3 is 0 Å². The van der Waals surface area contributed by atoms with Crippen molar-refractivity contribution in [2.45, 2.75) is 42.4 Å². The molecule has 1 heterocycles. The molecule has 1 saturated heterocycles. The van der Waals surface area contributed by atoms with Crippen molar-refractivity contribution in [1.29, 1.82) is 0 Å². The second-order valence-electron chi connectivity index (χ2n) is 10.5. The fourth-order valence-electron chi connectivity index (χ4n) is 4.76. The Bertz CT molecular complexity index is 1630. The van der Waals surface area contributed by atoms with Gasteiger partial charge in [-0.1, -0.05) is 0 Å². The zero-order valence-corrected chi connectivity index (χ0v) is 27.5. The summed E-state index contributed by atoms with van der Waals surface area (Å²) in [6.45, 7) is 2.94. The first-order chi connectivity index (χ1) is 22.3. The molecule has 4 aromatic rings. The van der Waals surface area contributed by atoms with Gasteiger partial charge in [0.05, 0.1) is 0 Å². The van der Waals surface area contributed by atoms with E-state index in [9.17, 15) is 19.2 Å². The summed E-state index contributed by atoms with van der Waals surface area (Å²) in [6, 6.07) is 32.9. The Kier molecular flexibility index (Phi) is 11.2. The number of hydrogen-bond donors (Lipinski definition) is 0. The van der Waals surface area contributed by atoms with Crippen LogP contribution in [0.4, 0.5) is 0 Å². The second-order valence-corrected chi connectivity index (χ2v) is 13.8. The predicted octanol–water partition coefficient (Wildman–Crippen LogP) is 4.29. The van der Waals surface area contributed by atoms with Crippen molar-refractivity contribution >= 4 is 48.4 Å². The van der Waals surface area contributed by atoms with Crippen LogP contribution >= 0.6 is 0 Å². The number of rotatable bonds is 10. The number of ether oxygens (including phenoxy) is 5. The summed E-state index contributed by atoms with van der Waals surface area (Å²) in [5, 5.41) is 0. The summed E-state index contributed by atoms with van der Waals surface area (Å²) in [7, 11) is 0. The molecule has 9 nitrogen and oxygen atoms in total. The number of aryl methyl sites for hydroxylation is 1. The van der Waals surface area contributed by atoms with Crippen molar-refractivity contribution in [3.8, 4) is 0 Å². The molecule has 236 valence electrons. The van der Waals surface area contributed by atoms with Gasteiger partial charge in [-0.2, -0.15) is 0 Å². The molecular weight excluding hydrogens is 704 g/mol. The zero-order chi connectivity index (χ0) is 32.5. The average Bonchev–Trinajstić information content (AvgIpc) is 3.08. The van der Waals surface area contributed by atoms with E-state index in [1.54, 1.807) is 91.0 Å².